The number of aromatic nitrogens is 3. The van der Waals surface area contributed by atoms with Crippen LogP contribution in [0, 0.1) is 0 Å². The number of ether oxygens (including phenoxy) is 1. The Morgan fingerprint density at radius 3 is 3.07 bits per heavy atom. The van der Waals surface area contributed by atoms with Crippen LogP contribution >= 0.6 is 11.3 Å². The molecule has 0 aliphatic carbocycles. The Morgan fingerprint density at radius 2 is 2.50 bits per heavy atom. The van der Waals surface area contributed by atoms with Gasteiger partial charge >= 0.3 is 0 Å². The molecule has 74 valence electrons. The van der Waals surface area contributed by atoms with E-state index in [1.165, 1.54) is 11.3 Å². The fourth-order valence-electron chi connectivity index (χ4n) is 1.09. The second-order valence-electron chi connectivity index (χ2n) is 2.54. The van der Waals surface area contributed by atoms with E-state index in [0.717, 1.165) is 4.88 Å². The van der Waals surface area contributed by atoms with E-state index in [-0.39, 0.29) is 6.61 Å². The standard InChI is InChI=1S/C8H9N3O2S/c1-13-8-10-7(6(5-12)14-8)11-4-2-3-9-11/h2-4,12H,5H2,1H3. The third-order valence-corrected chi connectivity index (χ3v) is 2.69. The smallest absolute Gasteiger partial charge is 0.275 e. The maximum absolute atomic E-state index is 9.10. The van der Waals surface area contributed by atoms with Gasteiger partial charge in [0.1, 0.15) is 0 Å². The van der Waals surface area contributed by atoms with Crippen LogP contribution in [0.4, 0.5) is 0 Å². The zero-order valence-corrected chi connectivity index (χ0v) is 8.36. The van der Waals surface area contributed by atoms with Crippen molar-refractivity contribution in [2.45, 2.75) is 6.61 Å². The number of methoxy groups -OCH3 is 1. The third-order valence-electron chi connectivity index (χ3n) is 1.70. The minimum absolute atomic E-state index is 0.0593. The lowest BCUT2D eigenvalue weighted by Crippen LogP contribution is -1.98. The summed E-state index contributed by atoms with van der Waals surface area (Å²) < 4.78 is 6.59. The van der Waals surface area contributed by atoms with Crippen molar-refractivity contribution in [3.8, 4) is 11.0 Å². The van der Waals surface area contributed by atoms with Gasteiger partial charge in [-0.1, -0.05) is 11.3 Å². The van der Waals surface area contributed by atoms with Gasteiger partial charge in [0.05, 0.1) is 18.6 Å². The van der Waals surface area contributed by atoms with Crippen molar-refractivity contribution in [3.63, 3.8) is 0 Å². The highest BCUT2D eigenvalue weighted by molar-refractivity contribution is 7.13. The monoisotopic (exact) mass is 211 g/mol. The molecule has 0 saturated heterocycles. The predicted octanol–water partition coefficient (Wildman–Crippen LogP) is 0.830. The van der Waals surface area contributed by atoms with Gasteiger partial charge in [0.15, 0.2) is 5.82 Å². The van der Waals surface area contributed by atoms with Crippen LogP contribution in [-0.2, 0) is 6.61 Å². The molecule has 1 N–H and O–H groups in total. The lowest BCUT2D eigenvalue weighted by atomic mass is 10.5. The molecule has 0 atom stereocenters. The predicted molar refractivity (Wildman–Crippen MR) is 51.7 cm³/mol. The first-order valence-electron chi connectivity index (χ1n) is 3.99. The molecule has 0 spiro atoms. The van der Waals surface area contributed by atoms with Crippen LogP contribution in [0.1, 0.15) is 4.88 Å². The number of aliphatic hydroxyl groups is 1. The van der Waals surface area contributed by atoms with Crippen molar-refractivity contribution in [1.29, 1.82) is 0 Å². The Kier molecular flexibility index (Phi) is 2.47. The minimum atomic E-state index is -0.0593. The summed E-state index contributed by atoms with van der Waals surface area (Å²) in [6, 6.07) is 1.80. The molecule has 0 fully saturated rings. The van der Waals surface area contributed by atoms with E-state index in [1.807, 2.05) is 0 Å². The Labute approximate surface area is 84.6 Å². The van der Waals surface area contributed by atoms with Crippen molar-refractivity contribution in [2.24, 2.45) is 0 Å². The molecule has 0 aromatic carbocycles. The zero-order valence-electron chi connectivity index (χ0n) is 7.54. The van der Waals surface area contributed by atoms with Gasteiger partial charge in [0, 0.05) is 12.4 Å². The third kappa shape index (κ3) is 1.49. The van der Waals surface area contributed by atoms with E-state index in [0.29, 0.717) is 11.0 Å². The number of thiazole rings is 1. The molecule has 0 aliphatic rings. The fourth-order valence-corrected chi connectivity index (χ4v) is 1.81. The van der Waals surface area contributed by atoms with Crippen LogP contribution in [0.25, 0.3) is 5.82 Å². The molecule has 0 radical (unpaired) electrons. The molecule has 6 heteroatoms. The Balaban J connectivity index is 2.46. The van der Waals surface area contributed by atoms with Gasteiger partial charge in [-0.2, -0.15) is 10.1 Å². The van der Waals surface area contributed by atoms with Crippen molar-refractivity contribution in [3.05, 3.63) is 23.3 Å². The summed E-state index contributed by atoms with van der Waals surface area (Å²) >= 11 is 1.31. The molecule has 5 nitrogen and oxygen atoms in total. The maximum atomic E-state index is 9.10. The number of hydrogen-bond donors (Lipinski definition) is 1. The molecule has 0 amide bonds. The van der Waals surface area contributed by atoms with Crippen molar-refractivity contribution in [1.82, 2.24) is 14.8 Å². The van der Waals surface area contributed by atoms with E-state index >= 15 is 0 Å². The molecule has 0 aliphatic heterocycles. The van der Waals surface area contributed by atoms with E-state index in [1.54, 1.807) is 30.3 Å². The SMILES string of the molecule is COc1nc(-n2cccn2)c(CO)s1. The number of hydrogen-bond acceptors (Lipinski definition) is 5. The quantitative estimate of drug-likeness (QED) is 0.816. The summed E-state index contributed by atoms with van der Waals surface area (Å²) in [4.78, 5) is 4.92. The van der Waals surface area contributed by atoms with E-state index < -0.39 is 0 Å². The average Bonchev–Trinajstić information content (AvgIpc) is 2.85. The van der Waals surface area contributed by atoms with E-state index in [4.69, 9.17) is 9.84 Å². The zero-order chi connectivity index (χ0) is 9.97. The Bertz CT molecular complexity index is 410. The molecule has 2 heterocycles. The molecular weight excluding hydrogens is 202 g/mol. The first-order chi connectivity index (χ1) is 6.85. The van der Waals surface area contributed by atoms with Crippen LogP contribution in [0.15, 0.2) is 18.5 Å². The summed E-state index contributed by atoms with van der Waals surface area (Å²) in [5, 5.41) is 13.7. The van der Waals surface area contributed by atoms with Crippen LogP contribution in [0.5, 0.6) is 5.19 Å². The van der Waals surface area contributed by atoms with Gasteiger partial charge in [0.2, 0.25) is 0 Å². The molecule has 0 saturated carbocycles. The molecule has 2 aromatic rings. The first-order valence-corrected chi connectivity index (χ1v) is 4.81. The number of rotatable bonds is 3. The lowest BCUT2D eigenvalue weighted by molar-refractivity contribution is 0.285. The molecule has 0 unspecified atom stereocenters. The summed E-state index contributed by atoms with van der Waals surface area (Å²) in [5.41, 5.74) is 0. The van der Waals surface area contributed by atoms with Crippen LogP contribution in [0.2, 0.25) is 0 Å². The molecule has 14 heavy (non-hydrogen) atoms. The normalized spacial score (nSPS) is 10.4. The Morgan fingerprint density at radius 1 is 1.64 bits per heavy atom. The molecule has 2 aromatic heterocycles. The second kappa shape index (κ2) is 3.77. The van der Waals surface area contributed by atoms with Crippen LogP contribution < -0.4 is 4.74 Å². The average molecular weight is 211 g/mol. The topological polar surface area (TPSA) is 60.2 Å². The lowest BCUT2D eigenvalue weighted by Gasteiger charge is -1.96. The largest absolute Gasteiger partial charge is 0.473 e. The van der Waals surface area contributed by atoms with Gasteiger partial charge < -0.3 is 9.84 Å². The highest BCUT2D eigenvalue weighted by atomic mass is 32.1. The highest BCUT2D eigenvalue weighted by Crippen LogP contribution is 2.26. The number of nitrogens with zero attached hydrogens (tertiary/aromatic N) is 3. The summed E-state index contributed by atoms with van der Waals surface area (Å²) in [5.74, 6) is 0.624. The fraction of sp³-hybridized carbons (Fsp3) is 0.250. The first kappa shape index (κ1) is 9.17. The van der Waals surface area contributed by atoms with Crippen LogP contribution in [-0.4, -0.2) is 27.0 Å². The maximum Gasteiger partial charge on any atom is 0.275 e. The van der Waals surface area contributed by atoms with Gasteiger partial charge in [-0.15, -0.1) is 0 Å². The van der Waals surface area contributed by atoms with Gasteiger partial charge in [-0.05, 0) is 6.07 Å². The molecular formula is C8H9N3O2S. The Hall–Kier alpha value is -1.40. The molecule has 0 bridgehead atoms. The molecule has 2 rings (SSSR count). The summed E-state index contributed by atoms with van der Waals surface area (Å²) in [6.07, 6.45) is 3.43. The van der Waals surface area contributed by atoms with Gasteiger partial charge in [0.25, 0.3) is 5.19 Å². The van der Waals surface area contributed by atoms with Gasteiger partial charge in [-0.3, -0.25) is 0 Å². The van der Waals surface area contributed by atoms with Crippen molar-refractivity contribution >= 4 is 11.3 Å². The minimum Gasteiger partial charge on any atom is -0.473 e. The van der Waals surface area contributed by atoms with E-state index in [2.05, 4.69) is 10.1 Å². The highest BCUT2D eigenvalue weighted by Gasteiger charge is 2.12. The number of aliphatic hydroxyl groups excluding tert-OH is 1. The van der Waals surface area contributed by atoms with Crippen molar-refractivity contribution < 1.29 is 9.84 Å². The second-order valence-corrected chi connectivity index (χ2v) is 3.59. The van der Waals surface area contributed by atoms with Crippen LogP contribution in [0.3, 0.4) is 0 Å². The van der Waals surface area contributed by atoms with E-state index in [9.17, 15) is 0 Å². The summed E-state index contributed by atoms with van der Waals surface area (Å²) in [6.45, 7) is -0.0593. The van der Waals surface area contributed by atoms with Crippen molar-refractivity contribution in [2.75, 3.05) is 7.11 Å². The van der Waals surface area contributed by atoms with Gasteiger partial charge in [-0.25, -0.2) is 4.68 Å². The summed E-state index contributed by atoms with van der Waals surface area (Å²) in [7, 11) is 1.55.